The second-order valence-electron chi connectivity index (χ2n) is 9.08. The third kappa shape index (κ3) is 5.36. The molecular weight excluding hydrogens is 432 g/mol. The van der Waals surface area contributed by atoms with Crippen molar-refractivity contribution in [1.82, 2.24) is 20.2 Å². The molecule has 180 valence electrons. The molecule has 1 saturated heterocycles. The summed E-state index contributed by atoms with van der Waals surface area (Å²) < 4.78 is 5.20. The maximum atomic E-state index is 13.0. The van der Waals surface area contributed by atoms with Gasteiger partial charge in [-0.3, -0.25) is 9.89 Å². The molecule has 1 aliphatic heterocycles. The third-order valence-corrected chi connectivity index (χ3v) is 6.37. The second kappa shape index (κ2) is 9.80. The minimum Gasteiger partial charge on any atom is -0.497 e. The number of hydrogen-bond acceptors (Lipinski definition) is 8. The van der Waals surface area contributed by atoms with Gasteiger partial charge in [0.2, 0.25) is 5.95 Å². The number of methoxy groups -OCH3 is 1. The standard InChI is InChI=1S/C25H32N6O3/c1-16(19-5-7-20(34-4)8-6-19)13-21(32)25(33)9-11-31(12-10-25)24-26-17(2)14-22(28-24)27-23-15-18(3)29-30-23/h5-8,14-16,33H,9-13H2,1-4H3,(H2,26,27,28,29,30)/t16-/m1/s1. The van der Waals surface area contributed by atoms with Crippen LogP contribution in [0.15, 0.2) is 36.4 Å². The van der Waals surface area contributed by atoms with Crippen LogP contribution in [0.4, 0.5) is 17.6 Å². The van der Waals surface area contributed by atoms with Gasteiger partial charge in [-0.05, 0) is 37.5 Å². The number of aliphatic hydroxyl groups is 1. The normalized spacial score (nSPS) is 16.2. The molecule has 0 radical (unpaired) electrons. The van der Waals surface area contributed by atoms with Crippen molar-refractivity contribution < 1.29 is 14.6 Å². The Bertz CT molecular complexity index is 1140. The Morgan fingerprint density at radius 2 is 1.88 bits per heavy atom. The zero-order valence-electron chi connectivity index (χ0n) is 20.1. The number of H-pyrrole nitrogens is 1. The smallest absolute Gasteiger partial charge is 0.227 e. The number of carbonyl (C=O) groups excluding carboxylic acids is 1. The molecule has 3 N–H and O–H groups in total. The fourth-order valence-corrected chi connectivity index (χ4v) is 4.25. The summed E-state index contributed by atoms with van der Waals surface area (Å²) in [4.78, 5) is 24.3. The summed E-state index contributed by atoms with van der Waals surface area (Å²) in [6.07, 6.45) is 0.987. The van der Waals surface area contributed by atoms with Crippen LogP contribution in [0.25, 0.3) is 0 Å². The number of anilines is 3. The Morgan fingerprint density at radius 3 is 2.50 bits per heavy atom. The summed E-state index contributed by atoms with van der Waals surface area (Å²) in [5, 5.41) is 21.4. The molecule has 34 heavy (non-hydrogen) atoms. The van der Waals surface area contributed by atoms with Crippen LogP contribution >= 0.6 is 0 Å². The van der Waals surface area contributed by atoms with E-state index >= 15 is 0 Å². The zero-order chi connectivity index (χ0) is 24.3. The van der Waals surface area contributed by atoms with E-state index in [0.29, 0.717) is 49.9 Å². The molecule has 1 atom stereocenters. The summed E-state index contributed by atoms with van der Waals surface area (Å²) in [6.45, 7) is 6.86. The number of nitrogens with one attached hydrogen (secondary N) is 2. The minimum atomic E-state index is -1.32. The van der Waals surface area contributed by atoms with E-state index in [-0.39, 0.29) is 11.7 Å². The first-order chi connectivity index (χ1) is 16.3. The summed E-state index contributed by atoms with van der Waals surface area (Å²) in [5.74, 6) is 2.60. The molecule has 0 amide bonds. The van der Waals surface area contributed by atoms with E-state index < -0.39 is 5.60 Å². The molecule has 9 nitrogen and oxygen atoms in total. The van der Waals surface area contributed by atoms with Gasteiger partial charge in [-0.25, -0.2) is 4.98 Å². The number of carbonyl (C=O) groups is 1. The van der Waals surface area contributed by atoms with E-state index in [1.165, 1.54) is 0 Å². The van der Waals surface area contributed by atoms with Crippen LogP contribution in [0, 0.1) is 13.8 Å². The molecule has 2 aromatic heterocycles. The van der Waals surface area contributed by atoms with Gasteiger partial charge in [0.1, 0.15) is 17.2 Å². The van der Waals surface area contributed by atoms with Gasteiger partial charge in [0.15, 0.2) is 11.6 Å². The molecule has 3 aromatic rings. The lowest BCUT2D eigenvalue weighted by molar-refractivity contribution is -0.139. The highest BCUT2D eigenvalue weighted by Gasteiger charge is 2.40. The first-order valence-corrected chi connectivity index (χ1v) is 11.5. The predicted molar refractivity (Wildman–Crippen MR) is 131 cm³/mol. The second-order valence-corrected chi connectivity index (χ2v) is 9.08. The van der Waals surface area contributed by atoms with Crippen molar-refractivity contribution in [3.63, 3.8) is 0 Å². The number of hydrogen-bond donors (Lipinski definition) is 3. The molecule has 1 aromatic carbocycles. The minimum absolute atomic E-state index is 0.0138. The molecule has 1 fully saturated rings. The van der Waals surface area contributed by atoms with Crippen LogP contribution in [0.2, 0.25) is 0 Å². The van der Waals surface area contributed by atoms with Gasteiger partial charge in [-0.15, -0.1) is 0 Å². The highest BCUT2D eigenvalue weighted by molar-refractivity contribution is 5.88. The number of nitrogens with zero attached hydrogens (tertiary/aromatic N) is 4. The highest BCUT2D eigenvalue weighted by atomic mass is 16.5. The van der Waals surface area contributed by atoms with Crippen LogP contribution < -0.4 is 15.0 Å². The van der Waals surface area contributed by atoms with Crippen molar-refractivity contribution in [3.05, 3.63) is 53.3 Å². The number of ether oxygens (including phenoxy) is 1. The van der Waals surface area contributed by atoms with E-state index in [1.54, 1.807) is 7.11 Å². The van der Waals surface area contributed by atoms with Gasteiger partial charge in [0.25, 0.3) is 0 Å². The van der Waals surface area contributed by atoms with E-state index in [2.05, 4.69) is 25.5 Å². The first-order valence-electron chi connectivity index (χ1n) is 11.5. The average Bonchev–Trinajstić information content (AvgIpc) is 3.23. The van der Waals surface area contributed by atoms with Crippen molar-refractivity contribution >= 4 is 23.4 Å². The number of benzene rings is 1. The zero-order valence-corrected chi connectivity index (χ0v) is 20.1. The molecule has 1 aliphatic rings. The lowest BCUT2D eigenvalue weighted by atomic mass is 9.82. The molecule has 9 heteroatoms. The van der Waals surface area contributed by atoms with Crippen LogP contribution in [-0.4, -0.2) is 56.9 Å². The van der Waals surface area contributed by atoms with Crippen LogP contribution in [-0.2, 0) is 4.79 Å². The highest BCUT2D eigenvalue weighted by Crippen LogP contribution is 2.31. The van der Waals surface area contributed by atoms with Crippen molar-refractivity contribution in [2.45, 2.75) is 51.6 Å². The topological polar surface area (TPSA) is 116 Å². The van der Waals surface area contributed by atoms with Crippen LogP contribution in [0.1, 0.15) is 49.1 Å². The van der Waals surface area contributed by atoms with Crippen LogP contribution in [0.3, 0.4) is 0 Å². The molecule has 4 rings (SSSR count). The number of ketones is 1. The number of aromatic amines is 1. The molecule has 0 spiro atoms. The fourth-order valence-electron chi connectivity index (χ4n) is 4.25. The first kappa shape index (κ1) is 23.7. The van der Waals surface area contributed by atoms with Crippen molar-refractivity contribution in [2.24, 2.45) is 0 Å². The number of Topliss-reactive ketones (excluding diaryl/α,β-unsaturated/α-hetero) is 1. The quantitative estimate of drug-likeness (QED) is 0.462. The van der Waals surface area contributed by atoms with Gasteiger partial charge < -0.3 is 20.1 Å². The molecule has 0 unspecified atom stereocenters. The molecular formula is C25H32N6O3. The van der Waals surface area contributed by atoms with E-state index in [0.717, 1.165) is 22.7 Å². The Balaban J connectivity index is 1.38. The van der Waals surface area contributed by atoms with Gasteiger partial charge in [-0.2, -0.15) is 10.1 Å². The Labute approximate surface area is 199 Å². The predicted octanol–water partition coefficient (Wildman–Crippen LogP) is 3.66. The SMILES string of the molecule is COc1ccc([C@H](C)CC(=O)C2(O)CCN(c3nc(C)cc(Nc4cc(C)[nH]n4)n3)CC2)cc1. The number of aromatic nitrogens is 4. The lowest BCUT2D eigenvalue weighted by Crippen LogP contribution is -2.50. The largest absolute Gasteiger partial charge is 0.497 e. The Kier molecular flexibility index (Phi) is 6.83. The average molecular weight is 465 g/mol. The fraction of sp³-hybridized carbons (Fsp3) is 0.440. The Morgan fingerprint density at radius 1 is 1.18 bits per heavy atom. The number of rotatable bonds is 8. The van der Waals surface area contributed by atoms with Gasteiger partial charge in [0.05, 0.1) is 7.11 Å². The van der Waals surface area contributed by atoms with Gasteiger partial charge in [0, 0.05) is 55.9 Å². The Hall–Kier alpha value is -3.46. The molecule has 0 aliphatic carbocycles. The molecule has 0 saturated carbocycles. The lowest BCUT2D eigenvalue weighted by Gasteiger charge is -2.37. The van der Waals surface area contributed by atoms with E-state index in [4.69, 9.17) is 4.74 Å². The van der Waals surface area contributed by atoms with Crippen molar-refractivity contribution in [3.8, 4) is 5.75 Å². The summed E-state index contributed by atoms with van der Waals surface area (Å²) in [7, 11) is 1.63. The third-order valence-electron chi connectivity index (χ3n) is 6.37. The van der Waals surface area contributed by atoms with Gasteiger partial charge in [-0.1, -0.05) is 19.1 Å². The van der Waals surface area contributed by atoms with Crippen molar-refractivity contribution in [1.29, 1.82) is 0 Å². The maximum Gasteiger partial charge on any atom is 0.227 e. The van der Waals surface area contributed by atoms with Gasteiger partial charge >= 0.3 is 0 Å². The summed E-state index contributed by atoms with van der Waals surface area (Å²) >= 11 is 0. The molecule has 0 bridgehead atoms. The van der Waals surface area contributed by atoms with Crippen molar-refractivity contribution in [2.75, 3.05) is 30.4 Å². The maximum absolute atomic E-state index is 13.0. The number of piperidine rings is 1. The molecule has 3 heterocycles. The van der Waals surface area contributed by atoms with Crippen LogP contribution in [0.5, 0.6) is 5.75 Å². The summed E-state index contributed by atoms with van der Waals surface area (Å²) in [6, 6.07) is 11.5. The monoisotopic (exact) mass is 464 g/mol. The summed E-state index contributed by atoms with van der Waals surface area (Å²) in [5.41, 5.74) is 1.50. The number of aryl methyl sites for hydroxylation is 2. The van der Waals surface area contributed by atoms with E-state index in [1.807, 2.05) is 62.1 Å². The van der Waals surface area contributed by atoms with E-state index in [9.17, 15) is 9.90 Å².